The number of carbonyl (C=O) groups is 1. The first-order valence-corrected chi connectivity index (χ1v) is 8.26. The minimum absolute atomic E-state index is 0.0360. The molecule has 0 radical (unpaired) electrons. The molecular formula is C16H14F2N2O5S. The molecule has 2 aromatic rings. The molecular weight excluding hydrogens is 370 g/mol. The molecule has 0 bridgehead atoms. The van der Waals surface area contributed by atoms with E-state index < -0.39 is 40.7 Å². The van der Waals surface area contributed by atoms with Crippen molar-refractivity contribution in [1.82, 2.24) is 0 Å². The summed E-state index contributed by atoms with van der Waals surface area (Å²) in [5, 5.41) is 31.5. The van der Waals surface area contributed by atoms with Gasteiger partial charge < -0.3 is 15.5 Å². The Morgan fingerprint density at radius 2 is 2.00 bits per heavy atom. The van der Waals surface area contributed by atoms with Crippen molar-refractivity contribution in [3.8, 4) is 0 Å². The van der Waals surface area contributed by atoms with Crippen molar-refractivity contribution in [3.05, 3.63) is 63.7 Å². The van der Waals surface area contributed by atoms with Gasteiger partial charge in [-0.1, -0.05) is 0 Å². The van der Waals surface area contributed by atoms with Crippen LogP contribution >= 0.6 is 11.8 Å². The molecule has 3 N–H and O–H groups in total. The van der Waals surface area contributed by atoms with Crippen LogP contribution in [0.15, 0.2) is 41.3 Å². The van der Waals surface area contributed by atoms with E-state index in [1.807, 2.05) is 0 Å². The van der Waals surface area contributed by atoms with Crippen molar-refractivity contribution < 1.29 is 28.7 Å². The average molecular weight is 384 g/mol. The van der Waals surface area contributed by atoms with Gasteiger partial charge in [-0.2, -0.15) is 0 Å². The fourth-order valence-corrected chi connectivity index (χ4v) is 2.87. The number of nitro benzene ring substituents is 1. The van der Waals surface area contributed by atoms with Crippen molar-refractivity contribution >= 4 is 29.0 Å². The maximum Gasteiger partial charge on any atom is 0.272 e. The second-order valence-corrected chi connectivity index (χ2v) is 6.29. The summed E-state index contributed by atoms with van der Waals surface area (Å²) in [5.74, 6) is -2.71. The fourth-order valence-electron chi connectivity index (χ4n) is 1.96. The number of rotatable bonds is 7. The number of hydrogen-bond donors (Lipinski definition) is 3. The lowest BCUT2D eigenvalue weighted by molar-refractivity contribution is -0.385. The summed E-state index contributed by atoms with van der Waals surface area (Å²) in [4.78, 5) is 22.9. The van der Waals surface area contributed by atoms with Crippen LogP contribution in [0.3, 0.4) is 0 Å². The van der Waals surface area contributed by atoms with E-state index in [4.69, 9.17) is 5.11 Å². The van der Waals surface area contributed by atoms with E-state index in [2.05, 4.69) is 5.32 Å². The lowest BCUT2D eigenvalue weighted by atomic mass is 10.2. The molecule has 0 unspecified atom stereocenters. The van der Waals surface area contributed by atoms with Crippen LogP contribution in [0, 0.1) is 21.7 Å². The van der Waals surface area contributed by atoms with Crippen molar-refractivity contribution in [2.24, 2.45) is 0 Å². The van der Waals surface area contributed by atoms with Crippen LogP contribution < -0.4 is 5.32 Å². The quantitative estimate of drug-likeness (QED) is 0.384. The third kappa shape index (κ3) is 5.22. The lowest BCUT2D eigenvalue weighted by Crippen LogP contribution is -2.15. The van der Waals surface area contributed by atoms with Crippen LogP contribution in [0.5, 0.6) is 0 Å². The Kier molecular flexibility index (Phi) is 6.61. The molecule has 1 atom stereocenters. The first kappa shape index (κ1) is 19.8. The van der Waals surface area contributed by atoms with Crippen LogP contribution in [0.2, 0.25) is 0 Å². The van der Waals surface area contributed by atoms with E-state index in [0.29, 0.717) is 11.0 Å². The van der Waals surface area contributed by atoms with E-state index in [-0.39, 0.29) is 17.1 Å². The van der Waals surface area contributed by atoms with E-state index in [1.54, 1.807) is 0 Å². The Bertz CT molecular complexity index is 834. The Labute approximate surface area is 150 Å². The van der Waals surface area contributed by atoms with Crippen LogP contribution in [-0.4, -0.2) is 39.5 Å². The number of halogens is 2. The number of aliphatic hydroxyl groups excluding tert-OH is 2. The minimum atomic E-state index is -1.06. The van der Waals surface area contributed by atoms with Gasteiger partial charge in [0.25, 0.3) is 11.6 Å². The van der Waals surface area contributed by atoms with Crippen molar-refractivity contribution in [1.29, 1.82) is 0 Å². The molecule has 0 aliphatic rings. The molecule has 0 aliphatic carbocycles. The zero-order valence-electron chi connectivity index (χ0n) is 13.2. The highest BCUT2D eigenvalue weighted by Crippen LogP contribution is 2.29. The maximum absolute atomic E-state index is 13.7. The van der Waals surface area contributed by atoms with Gasteiger partial charge in [0.15, 0.2) is 0 Å². The number of thioether (sulfide) groups is 1. The molecule has 1 amide bonds. The maximum atomic E-state index is 13.7. The average Bonchev–Trinajstić information content (AvgIpc) is 2.59. The van der Waals surface area contributed by atoms with E-state index in [0.717, 1.165) is 30.0 Å². The third-order valence-electron chi connectivity index (χ3n) is 3.19. The van der Waals surface area contributed by atoms with Crippen molar-refractivity contribution in [2.75, 3.05) is 17.7 Å². The summed E-state index contributed by atoms with van der Waals surface area (Å²) in [6, 6.07) is 6.17. The first-order chi connectivity index (χ1) is 12.3. The molecule has 0 saturated heterocycles. The Balaban J connectivity index is 2.25. The molecule has 0 heterocycles. The van der Waals surface area contributed by atoms with E-state index in [1.165, 1.54) is 12.1 Å². The second kappa shape index (κ2) is 8.70. The number of non-ortho nitro benzene ring substituents is 1. The van der Waals surface area contributed by atoms with E-state index >= 15 is 0 Å². The second-order valence-electron chi connectivity index (χ2n) is 5.20. The van der Waals surface area contributed by atoms with Gasteiger partial charge in [-0.15, -0.1) is 11.8 Å². The van der Waals surface area contributed by atoms with Gasteiger partial charge in [0.05, 0.1) is 23.2 Å². The Morgan fingerprint density at radius 1 is 1.27 bits per heavy atom. The molecule has 7 nitrogen and oxygen atoms in total. The van der Waals surface area contributed by atoms with Crippen LogP contribution in [0.4, 0.5) is 20.2 Å². The van der Waals surface area contributed by atoms with Crippen LogP contribution in [0.1, 0.15) is 10.4 Å². The smallest absolute Gasteiger partial charge is 0.272 e. The van der Waals surface area contributed by atoms with Gasteiger partial charge in [-0.25, -0.2) is 8.78 Å². The van der Waals surface area contributed by atoms with Gasteiger partial charge in [0.1, 0.15) is 11.6 Å². The Hall–Kier alpha value is -2.56. The van der Waals surface area contributed by atoms with E-state index in [9.17, 15) is 28.8 Å². The number of nitrogens with zero attached hydrogens (tertiary/aromatic N) is 1. The number of nitro groups is 1. The highest BCUT2D eigenvalue weighted by molar-refractivity contribution is 7.99. The molecule has 0 fully saturated rings. The highest BCUT2D eigenvalue weighted by atomic mass is 32.2. The molecule has 0 aromatic heterocycles. The number of amides is 1. The molecule has 0 aliphatic heterocycles. The predicted molar refractivity (Wildman–Crippen MR) is 91.2 cm³/mol. The Morgan fingerprint density at radius 3 is 2.62 bits per heavy atom. The van der Waals surface area contributed by atoms with Crippen LogP contribution in [0.25, 0.3) is 0 Å². The molecule has 10 heteroatoms. The van der Waals surface area contributed by atoms with Gasteiger partial charge in [0.2, 0.25) is 0 Å². The zero-order chi connectivity index (χ0) is 19.3. The number of carbonyl (C=O) groups excluding carboxylic acids is 1. The number of aliphatic hydroxyl groups is 2. The predicted octanol–water partition coefficient (Wildman–Crippen LogP) is 2.57. The molecule has 0 saturated carbocycles. The highest BCUT2D eigenvalue weighted by Gasteiger charge is 2.16. The monoisotopic (exact) mass is 384 g/mol. The number of benzene rings is 2. The van der Waals surface area contributed by atoms with Gasteiger partial charge in [0, 0.05) is 34.5 Å². The summed E-state index contributed by atoms with van der Waals surface area (Å²) < 4.78 is 26.6. The zero-order valence-corrected chi connectivity index (χ0v) is 14.0. The van der Waals surface area contributed by atoms with Crippen molar-refractivity contribution in [3.63, 3.8) is 0 Å². The fraction of sp³-hybridized carbons (Fsp3) is 0.188. The topological polar surface area (TPSA) is 113 Å². The molecule has 0 spiro atoms. The SMILES string of the molecule is O=C(Nc1cc(SC[C@@H](O)CO)cc([N+](=O)[O-])c1)c1ccc(F)cc1F. The third-order valence-corrected chi connectivity index (χ3v) is 4.31. The number of anilines is 1. The molecule has 2 aromatic carbocycles. The number of hydrogen-bond acceptors (Lipinski definition) is 6. The minimum Gasteiger partial charge on any atom is -0.394 e. The summed E-state index contributed by atoms with van der Waals surface area (Å²) in [6.07, 6.45) is -1.01. The summed E-state index contributed by atoms with van der Waals surface area (Å²) in [7, 11) is 0. The molecule has 2 rings (SSSR count). The summed E-state index contributed by atoms with van der Waals surface area (Å²) in [6.45, 7) is -0.463. The molecule has 26 heavy (non-hydrogen) atoms. The van der Waals surface area contributed by atoms with Crippen LogP contribution in [-0.2, 0) is 0 Å². The first-order valence-electron chi connectivity index (χ1n) is 7.27. The van der Waals surface area contributed by atoms with Gasteiger partial charge in [-0.05, 0) is 18.2 Å². The lowest BCUT2D eigenvalue weighted by Gasteiger charge is -2.10. The normalized spacial score (nSPS) is 11.8. The van der Waals surface area contributed by atoms with Gasteiger partial charge in [-0.3, -0.25) is 14.9 Å². The number of nitrogens with one attached hydrogen (secondary N) is 1. The summed E-state index contributed by atoms with van der Waals surface area (Å²) in [5.41, 5.74) is -0.694. The van der Waals surface area contributed by atoms with Crippen molar-refractivity contribution in [2.45, 2.75) is 11.0 Å². The summed E-state index contributed by atoms with van der Waals surface area (Å²) >= 11 is 1.04. The standard InChI is InChI=1S/C16H14F2N2O5S/c17-9-1-2-14(15(18)3-9)16(23)19-10-4-11(20(24)25)6-13(5-10)26-8-12(22)7-21/h1-6,12,21-22H,7-8H2,(H,19,23)/t12-/m0/s1. The molecule has 138 valence electrons. The largest absolute Gasteiger partial charge is 0.394 e. The van der Waals surface area contributed by atoms with Gasteiger partial charge >= 0.3 is 0 Å².